The molecule has 1 amide bonds. The fraction of sp³-hybridized carbons (Fsp3) is 0.364. The molecule has 88 valence electrons. The summed E-state index contributed by atoms with van der Waals surface area (Å²) in [6, 6.07) is 5.45. The normalized spacial score (nSPS) is 12.2. The molecule has 1 aromatic carbocycles. The van der Waals surface area contributed by atoms with Gasteiger partial charge in [0.05, 0.1) is 0 Å². The molecule has 0 aliphatic heterocycles. The summed E-state index contributed by atoms with van der Waals surface area (Å²) in [5.74, 6) is -0.374. The van der Waals surface area contributed by atoms with Crippen molar-refractivity contribution in [1.29, 1.82) is 0 Å². The van der Waals surface area contributed by atoms with E-state index in [0.717, 1.165) is 11.3 Å². The molecule has 0 bridgehead atoms. The Kier molecular flexibility index (Phi) is 4.58. The molecule has 5 heteroatoms. The van der Waals surface area contributed by atoms with Crippen LogP contribution in [-0.2, 0) is 4.79 Å². The molecule has 0 aliphatic carbocycles. The van der Waals surface area contributed by atoms with Crippen molar-refractivity contribution in [3.63, 3.8) is 0 Å². The molecule has 5 N–H and O–H groups in total. The average Bonchev–Trinajstić information content (AvgIpc) is 2.22. The summed E-state index contributed by atoms with van der Waals surface area (Å²) in [5.41, 5.74) is 12.5. The second kappa shape index (κ2) is 5.72. The first-order valence-corrected chi connectivity index (χ1v) is 5.41. The molecular formula is C11H16ClN3O. The van der Waals surface area contributed by atoms with Crippen LogP contribution in [0.2, 0.25) is 5.02 Å². The van der Waals surface area contributed by atoms with Crippen molar-refractivity contribution < 1.29 is 4.79 Å². The van der Waals surface area contributed by atoms with E-state index in [1.807, 2.05) is 19.1 Å². The van der Waals surface area contributed by atoms with Gasteiger partial charge >= 0.3 is 0 Å². The first kappa shape index (κ1) is 12.8. The molecule has 0 spiro atoms. The third-order valence-electron chi connectivity index (χ3n) is 2.27. The molecule has 4 nitrogen and oxygen atoms in total. The fourth-order valence-electron chi connectivity index (χ4n) is 1.35. The molecule has 0 saturated heterocycles. The summed E-state index contributed by atoms with van der Waals surface area (Å²) >= 11 is 5.98. The number of benzene rings is 1. The maximum absolute atomic E-state index is 10.8. The zero-order valence-electron chi connectivity index (χ0n) is 9.16. The lowest BCUT2D eigenvalue weighted by molar-refractivity contribution is -0.118. The summed E-state index contributed by atoms with van der Waals surface area (Å²) in [6.45, 7) is 2.27. The van der Waals surface area contributed by atoms with E-state index in [2.05, 4.69) is 5.32 Å². The highest BCUT2D eigenvalue weighted by Crippen LogP contribution is 2.20. The van der Waals surface area contributed by atoms with E-state index < -0.39 is 0 Å². The third-order valence-corrected chi connectivity index (χ3v) is 2.68. The van der Waals surface area contributed by atoms with Crippen molar-refractivity contribution in [2.75, 3.05) is 11.9 Å². The van der Waals surface area contributed by atoms with Crippen molar-refractivity contribution in [1.82, 2.24) is 0 Å². The van der Waals surface area contributed by atoms with Crippen LogP contribution in [0, 0.1) is 6.92 Å². The van der Waals surface area contributed by atoms with Crippen LogP contribution in [0.1, 0.15) is 12.0 Å². The number of rotatable bonds is 5. The summed E-state index contributed by atoms with van der Waals surface area (Å²) < 4.78 is 0. The average molecular weight is 242 g/mol. The van der Waals surface area contributed by atoms with Crippen LogP contribution in [0.5, 0.6) is 0 Å². The van der Waals surface area contributed by atoms with Crippen LogP contribution in [-0.4, -0.2) is 18.5 Å². The van der Waals surface area contributed by atoms with Gasteiger partial charge in [0.2, 0.25) is 5.91 Å². The SMILES string of the molecule is Cc1ccc(NC(CN)CC(N)=O)cc1Cl. The number of halogens is 1. The summed E-state index contributed by atoms with van der Waals surface area (Å²) in [7, 11) is 0. The highest BCUT2D eigenvalue weighted by atomic mass is 35.5. The van der Waals surface area contributed by atoms with Crippen LogP contribution in [0.15, 0.2) is 18.2 Å². The van der Waals surface area contributed by atoms with E-state index in [-0.39, 0.29) is 18.4 Å². The highest BCUT2D eigenvalue weighted by Gasteiger charge is 2.10. The molecule has 1 aromatic rings. The lowest BCUT2D eigenvalue weighted by atomic mass is 10.1. The van der Waals surface area contributed by atoms with E-state index in [9.17, 15) is 4.79 Å². The summed E-state index contributed by atoms with van der Waals surface area (Å²) in [6.07, 6.45) is 0.210. The second-order valence-corrected chi connectivity index (χ2v) is 4.12. The van der Waals surface area contributed by atoms with Gasteiger partial charge in [-0.3, -0.25) is 4.79 Å². The Hall–Kier alpha value is -1.26. The van der Waals surface area contributed by atoms with Gasteiger partial charge in [-0.05, 0) is 24.6 Å². The molecule has 16 heavy (non-hydrogen) atoms. The Morgan fingerprint density at radius 2 is 2.25 bits per heavy atom. The number of primary amides is 1. The van der Waals surface area contributed by atoms with E-state index in [0.29, 0.717) is 11.6 Å². The predicted molar refractivity (Wildman–Crippen MR) is 66.5 cm³/mol. The van der Waals surface area contributed by atoms with Gasteiger partial charge in [0.25, 0.3) is 0 Å². The quantitative estimate of drug-likeness (QED) is 0.726. The third kappa shape index (κ3) is 3.72. The van der Waals surface area contributed by atoms with Crippen LogP contribution in [0.25, 0.3) is 0 Å². The minimum atomic E-state index is -0.374. The zero-order chi connectivity index (χ0) is 12.1. The Labute approximate surface area is 100.0 Å². The maximum Gasteiger partial charge on any atom is 0.219 e. The number of hydrogen-bond acceptors (Lipinski definition) is 3. The first-order chi connectivity index (χ1) is 7.52. The number of aryl methyl sites for hydroxylation is 1. The minimum Gasteiger partial charge on any atom is -0.380 e. The summed E-state index contributed by atoms with van der Waals surface area (Å²) in [5, 5.41) is 3.80. The van der Waals surface area contributed by atoms with Crippen LogP contribution in [0.3, 0.4) is 0 Å². The molecule has 0 fully saturated rings. The second-order valence-electron chi connectivity index (χ2n) is 3.71. The predicted octanol–water partition coefficient (Wildman–Crippen LogP) is 1.26. The van der Waals surface area contributed by atoms with Crippen molar-refractivity contribution in [2.24, 2.45) is 11.5 Å². The molecule has 1 rings (SSSR count). The molecule has 0 radical (unpaired) electrons. The van der Waals surface area contributed by atoms with Gasteiger partial charge in [0.1, 0.15) is 0 Å². The molecule has 1 atom stereocenters. The van der Waals surface area contributed by atoms with Crippen molar-refractivity contribution in [3.05, 3.63) is 28.8 Å². The number of anilines is 1. The molecular weight excluding hydrogens is 226 g/mol. The monoisotopic (exact) mass is 241 g/mol. The van der Waals surface area contributed by atoms with Crippen molar-refractivity contribution >= 4 is 23.2 Å². The Bertz CT molecular complexity index is 381. The molecule has 1 unspecified atom stereocenters. The van der Waals surface area contributed by atoms with E-state index in [1.54, 1.807) is 6.07 Å². The van der Waals surface area contributed by atoms with Crippen LogP contribution >= 0.6 is 11.6 Å². The maximum atomic E-state index is 10.8. The number of nitrogens with two attached hydrogens (primary N) is 2. The number of nitrogens with one attached hydrogen (secondary N) is 1. The minimum absolute atomic E-state index is 0.156. The van der Waals surface area contributed by atoms with Gasteiger partial charge in [0, 0.05) is 29.7 Å². The number of amides is 1. The van der Waals surface area contributed by atoms with Gasteiger partial charge in [-0.2, -0.15) is 0 Å². The Balaban J connectivity index is 2.70. The van der Waals surface area contributed by atoms with Crippen molar-refractivity contribution in [2.45, 2.75) is 19.4 Å². The first-order valence-electron chi connectivity index (χ1n) is 5.04. The van der Waals surface area contributed by atoms with E-state index >= 15 is 0 Å². The molecule has 0 saturated carbocycles. The van der Waals surface area contributed by atoms with E-state index in [1.165, 1.54) is 0 Å². The van der Waals surface area contributed by atoms with E-state index in [4.69, 9.17) is 23.1 Å². The molecule has 0 aromatic heterocycles. The molecule has 0 heterocycles. The van der Waals surface area contributed by atoms with Crippen LogP contribution in [0.4, 0.5) is 5.69 Å². The van der Waals surface area contributed by atoms with Crippen LogP contribution < -0.4 is 16.8 Å². The van der Waals surface area contributed by atoms with Gasteiger partial charge < -0.3 is 16.8 Å². The van der Waals surface area contributed by atoms with Gasteiger partial charge in [-0.25, -0.2) is 0 Å². The number of hydrogen-bond donors (Lipinski definition) is 3. The number of carbonyl (C=O) groups is 1. The summed E-state index contributed by atoms with van der Waals surface area (Å²) in [4.78, 5) is 10.8. The zero-order valence-corrected chi connectivity index (χ0v) is 9.92. The van der Waals surface area contributed by atoms with Gasteiger partial charge in [0.15, 0.2) is 0 Å². The fourth-order valence-corrected chi connectivity index (χ4v) is 1.54. The topological polar surface area (TPSA) is 81.1 Å². The van der Waals surface area contributed by atoms with Crippen molar-refractivity contribution in [3.8, 4) is 0 Å². The highest BCUT2D eigenvalue weighted by molar-refractivity contribution is 6.31. The number of carbonyl (C=O) groups excluding carboxylic acids is 1. The van der Waals surface area contributed by atoms with Gasteiger partial charge in [-0.15, -0.1) is 0 Å². The lowest BCUT2D eigenvalue weighted by Gasteiger charge is -2.17. The standard InChI is InChI=1S/C11H16ClN3O/c1-7-2-3-8(4-10(7)12)15-9(6-13)5-11(14)16/h2-4,9,15H,5-6,13H2,1H3,(H2,14,16). The lowest BCUT2D eigenvalue weighted by Crippen LogP contribution is -2.33. The largest absolute Gasteiger partial charge is 0.380 e. The Morgan fingerprint density at radius 1 is 1.56 bits per heavy atom. The Morgan fingerprint density at radius 3 is 2.75 bits per heavy atom. The smallest absolute Gasteiger partial charge is 0.219 e. The molecule has 0 aliphatic rings. The van der Waals surface area contributed by atoms with Gasteiger partial charge in [-0.1, -0.05) is 17.7 Å².